The van der Waals surface area contributed by atoms with Crippen LogP contribution in [-0.4, -0.2) is 32.4 Å². The number of rotatable bonds is 10. The lowest BCUT2D eigenvalue weighted by atomic mass is 10.3. The molecule has 0 bridgehead atoms. The van der Waals surface area contributed by atoms with Crippen LogP contribution in [0.4, 0.5) is 0 Å². The summed E-state index contributed by atoms with van der Waals surface area (Å²) < 4.78 is 27.1. The van der Waals surface area contributed by atoms with E-state index in [4.69, 9.17) is 0 Å². The van der Waals surface area contributed by atoms with Crippen LogP contribution in [0.25, 0.3) is 0 Å². The highest BCUT2D eigenvalue weighted by Gasteiger charge is 2.26. The number of nitrogens with zero attached hydrogens (tertiary/aromatic N) is 1. The Labute approximate surface area is 133 Å². The molecular weight excluding hydrogens is 304 g/mol. The van der Waals surface area contributed by atoms with Gasteiger partial charge in [0, 0.05) is 29.4 Å². The van der Waals surface area contributed by atoms with E-state index in [1.165, 1.54) is 0 Å². The maximum Gasteiger partial charge on any atom is 0.244 e. The molecule has 122 valence electrons. The summed E-state index contributed by atoms with van der Waals surface area (Å²) in [7, 11) is -3.35. The highest BCUT2D eigenvalue weighted by atomic mass is 32.2. The first-order chi connectivity index (χ1) is 9.97. The minimum Gasteiger partial charge on any atom is -0.312 e. The molecule has 0 radical (unpaired) electrons. The normalized spacial score (nSPS) is 12.2. The first-order valence-corrected chi connectivity index (χ1v) is 10.0. The van der Waals surface area contributed by atoms with Crippen molar-refractivity contribution >= 4 is 21.4 Å². The fourth-order valence-corrected chi connectivity index (χ4v) is 5.24. The summed E-state index contributed by atoms with van der Waals surface area (Å²) in [5.41, 5.74) is 0. The fraction of sp³-hybridized carbons (Fsp3) is 0.733. The van der Waals surface area contributed by atoms with Gasteiger partial charge in [0.25, 0.3) is 0 Å². The fourth-order valence-electron chi connectivity index (χ4n) is 2.18. The molecule has 0 saturated heterocycles. The molecule has 4 nitrogen and oxygen atoms in total. The second kappa shape index (κ2) is 8.88. The predicted molar refractivity (Wildman–Crippen MR) is 90.4 cm³/mol. The van der Waals surface area contributed by atoms with E-state index in [2.05, 4.69) is 19.2 Å². The topological polar surface area (TPSA) is 49.4 Å². The van der Waals surface area contributed by atoms with Crippen molar-refractivity contribution < 1.29 is 8.42 Å². The monoisotopic (exact) mass is 332 g/mol. The molecule has 1 aromatic rings. The minimum absolute atomic E-state index is 0.485. The zero-order chi connectivity index (χ0) is 15.9. The van der Waals surface area contributed by atoms with Gasteiger partial charge in [-0.1, -0.05) is 27.2 Å². The first kappa shape index (κ1) is 18.6. The standard InChI is InChI=1S/C15H28N2O2S2/c1-5-8-10-17(7-3)21(18,19)15-11-14(20-13(15)4)12-16-9-6-2/h11,16H,5-10,12H2,1-4H3. The summed E-state index contributed by atoms with van der Waals surface area (Å²) in [6, 6.07) is 1.84. The van der Waals surface area contributed by atoms with Crippen molar-refractivity contribution in [2.24, 2.45) is 0 Å². The molecule has 0 atom stereocenters. The summed E-state index contributed by atoms with van der Waals surface area (Å²) in [6.45, 7) is 10.8. The Bertz CT molecular complexity index is 524. The molecule has 0 amide bonds. The zero-order valence-electron chi connectivity index (χ0n) is 13.6. The van der Waals surface area contributed by atoms with Crippen LogP contribution in [0.1, 0.15) is 49.8 Å². The van der Waals surface area contributed by atoms with Crippen LogP contribution in [-0.2, 0) is 16.6 Å². The largest absolute Gasteiger partial charge is 0.312 e. The van der Waals surface area contributed by atoms with E-state index in [1.807, 2.05) is 19.9 Å². The van der Waals surface area contributed by atoms with Crippen molar-refractivity contribution in [3.63, 3.8) is 0 Å². The van der Waals surface area contributed by atoms with Crippen molar-refractivity contribution in [3.8, 4) is 0 Å². The lowest BCUT2D eigenvalue weighted by Gasteiger charge is -2.20. The summed E-state index contributed by atoms with van der Waals surface area (Å²) >= 11 is 1.58. The summed E-state index contributed by atoms with van der Waals surface area (Å²) in [4.78, 5) is 2.46. The molecule has 0 aromatic carbocycles. The van der Waals surface area contributed by atoms with Gasteiger partial charge < -0.3 is 5.32 Å². The number of unbranched alkanes of at least 4 members (excludes halogenated alkanes) is 1. The third kappa shape index (κ3) is 5.06. The third-order valence-corrected chi connectivity index (χ3v) is 6.66. The third-order valence-electron chi connectivity index (χ3n) is 3.38. The lowest BCUT2D eigenvalue weighted by molar-refractivity contribution is 0.419. The number of thiophene rings is 1. The van der Waals surface area contributed by atoms with Gasteiger partial charge in [0.05, 0.1) is 4.90 Å². The van der Waals surface area contributed by atoms with E-state index in [0.717, 1.165) is 42.1 Å². The summed E-state index contributed by atoms with van der Waals surface area (Å²) in [6.07, 6.45) is 2.98. The van der Waals surface area contributed by atoms with Crippen LogP contribution in [0.15, 0.2) is 11.0 Å². The number of nitrogens with one attached hydrogen (secondary N) is 1. The van der Waals surface area contributed by atoms with Crippen molar-refractivity contribution in [1.29, 1.82) is 0 Å². The van der Waals surface area contributed by atoms with Gasteiger partial charge in [-0.3, -0.25) is 0 Å². The molecule has 1 rings (SSSR count). The molecule has 1 aromatic heterocycles. The molecule has 0 spiro atoms. The van der Waals surface area contributed by atoms with E-state index in [-0.39, 0.29) is 0 Å². The van der Waals surface area contributed by atoms with E-state index >= 15 is 0 Å². The van der Waals surface area contributed by atoms with E-state index in [0.29, 0.717) is 18.0 Å². The van der Waals surface area contributed by atoms with Crippen LogP contribution in [0.2, 0.25) is 0 Å². The molecule has 0 aliphatic rings. The Kier molecular flexibility index (Phi) is 7.87. The first-order valence-electron chi connectivity index (χ1n) is 7.77. The molecule has 0 unspecified atom stereocenters. The minimum atomic E-state index is -3.35. The molecule has 0 fully saturated rings. The van der Waals surface area contributed by atoms with Gasteiger partial charge in [-0.25, -0.2) is 8.42 Å². The van der Waals surface area contributed by atoms with Crippen LogP contribution >= 0.6 is 11.3 Å². The van der Waals surface area contributed by atoms with Gasteiger partial charge in [0.1, 0.15) is 0 Å². The van der Waals surface area contributed by atoms with Gasteiger partial charge in [0.15, 0.2) is 0 Å². The Morgan fingerprint density at radius 3 is 2.52 bits per heavy atom. The molecule has 1 N–H and O–H groups in total. The Hall–Kier alpha value is -0.430. The Morgan fingerprint density at radius 2 is 1.95 bits per heavy atom. The van der Waals surface area contributed by atoms with Crippen molar-refractivity contribution in [1.82, 2.24) is 9.62 Å². The van der Waals surface area contributed by atoms with Crippen molar-refractivity contribution in [2.45, 2.75) is 58.4 Å². The van der Waals surface area contributed by atoms with Gasteiger partial charge in [-0.05, 0) is 32.4 Å². The second-order valence-electron chi connectivity index (χ2n) is 5.16. The highest BCUT2D eigenvalue weighted by molar-refractivity contribution is 7.89. The van der Waals surface area contributed by atoms with Gasteiger partial charge in [0.2, 0.25) is 10.0 Å². The molecule has 1 heterocycles. The van der Waals surface area contributed by atoms with Crippen molar-refractivity contribution in [3.05, 3.63) is 15.8 Å². The van der Waals surface area contributed by atoms with E-state index in [9.17, 15) is 8.42 Å². The second-order valence-corrected chi connectivity index (χ2v) is 8.41. The van der Waals surface area contributed by atoms with Gasteiger partial charge in [-0.2, -0.15) is 4.31 Å². The number of aryl methyl sites for hydroxylation is 1. The molecule has 6 heteroatoms. The average Bonchev–Trinajstić information content (AvgIpc) is 2.81. The number of hydrogen-bond acceptors (Lipinski definition) is 4. The smallest absolute Gasteiger partial charge is 0.244 e. The average molecular weight is 333 g/mol. The van der Waals surface area contributed by atoms with Gasteiger partial charge >= 0.3 is 0 Å². The predicted octanol–water partition coefficient (Wildman–Crippen LogP) is 3.37. The maximum absolute atomic E-state index is 12.7. The molecule has 21 heavy (non-hydrogen) atoms. The van der Waals surface area contributed by atoms with Crippen LogP contribution in [0.3, 0.4) is 0 Å². The molecule has 0 aliphatic carbocycles. The summed E-state index contributed by atoms with van der Waals surface area (Å²) in [5, 5.41) is 3.32. The van der Waals surface area contributed by atoms with Crippen molar-refractivity contribution in [2.75, 3.05) is 19.6 Å². The van der Waals surface area contributed by atoms with Crippen LogP contribution in [0.5, 0.6) is 0 Å². The van der Waals surface area contributed by atoms with E-state index < -0.39 is 10.0 Å². The van der Waals surface area contributed by atoms with Crippen LogP contribution in [0, 0.1) is 6.92 Å². The Balaban J connectivity index is 2.91. The summed E-state index contributed by atoms with van der Waals surface area (Å²) in [5.74, 6) is 0. The SMILES string of the molecule is CCCCN(CC)S(=O)(=O)c1cc(CNCCC)sc1C. The zero-order valence-corrected chi connectivity index (χ0v) is 15.2. The molecule has 0 saturated carbocycles. The quantitative estimate of drug-likeness (QED) is 0.668. The number of hydrogen-bond donors (Lipinski definition) is 1. The van der Waals surface area contributed by atoms with Crippen LogP contribution < -0.4 is 5.32 Å². The molecule has 0 aliphatic heterocycles. The maximum atomic E-state index is 12.7. The van der Waals surface area contributed by atoms with E-state index in [1.54, 1.807) is 15.6 Å². The molecular formula is C15H28N2O2S2. The highest BCUT2D eigenvalue weighted by Crippen LogP contribution is 2.28. The van der Waals surface area contributed by atoms with Gasteiger partial charge in [-0.15, -0.1) is 11.3 Å². The lowest BCUT2D eigenvalue weighted by Crippen LogP contribution is -2.32. The Morgan fingerprint density at radius 1 is 1.24 bits per heavy atom. The number of sulfonamides is 1.